The fraction of sp³-hybridized carbons (Fsp3) is 0.333. The maximum Gasteiger partial charge on any atom is 0.177 e. The van der Waals surface area contributed by atoms with Crippen LogP contribution >= 0.6 is 23.2 Å². The molecule has 0 bridgehead atoms. The Balaban J connectivity index is 1.83. The van der Waals surface area contributed by atoms with Crippen molar-refractivity contribution in [2.75, 3.05) is 18.9 Å². The first-order chi connectivity index (χ1) is 9.59. The molecule has 1 unspecified atom stereocenters. The van der Waals surface area contributed by atoms with Gasteiger partial charge in [-0.2, -0.15) is 0 Å². The topological polar surface area (TPSA) is 44.5 Å². The quantitative estimate of drug-likeness (QED) is 0.686. The first-order valence-electron chi connectivity index (χ1n) is 6.42. The maximum atomic E-state index is 6.22. The number of alkyl halides is 1. The molecule has 3 nitrogen and oxygen atoms in total. The van der Waals surface area contributed by atoms with E-state index in [1.54, 1.807) is 0 Å². The third-order valence-electron chi connectivity index (χ3n) is 3.59. The van der Waals surface area contributed by atoms with Crippen molar-refractivity contribution in [3.63, 3.8) is 0 Å². The number of allylic oxidation sites excluding steroid dienone is 3. The molecule has 3 rings (SSSR count). The zero-order chi connectivity index (χ0) is 14.2. The van der Waals surface area contributed by atoms with Crippen LogP contribution in [0.25, 0.3) is 0 Å². The molecule has 106 valence electrons. The van der Waals surface area contributed by atoms with Crippen molar-refractivity contribution in [2.45, 2.75) is 17.4 Å². The Bertz CT molecular complexity index is 562. The molecule has 1 saturated heterocycles. The number of hydrogen-bond donors (Lipinski definition) is 1. The lowest BCUT2D eigenvalue weighted by Gasteiger charge is -2.44. The van der Waals surface area contributed by atoms with Crippen molar-refractivity contribution in [3.05, 3.63) is 47.0 Å². The molecular weight excluding hydrogens is 297 g/mol. The number of anilines is 1. The Morgan fingerprint density at radius 2 is 1.90 bits per heavy atom. The van der Waals surface area contributed by atoms with E-state index in [-0.39, 0.29) is 5.38 Å². The van der Waals surface area contributed by atoms with E-state index in [4.69, 9.17) is 38.4 Å². The minimum absolute atomic E-state index is 0.191. The van der Waals surface area contributed by atoms with Gasteiger partial charge in [-0.05, 0) is 42.3 Å². The van der Waals surface area contributed by atoms with E-state index in [1.807, 2.05) is 36.4 Å². The fourth-order valence-electron chi connectivity index (χ4n) is 2.34. The SMILES string of the molecule is Nc1ccc(OC2(C3=CC=C(Cl)C(Cl)C3)COC2)cc1. The Morgan fingerprint density at radius 1 is 1.20 bits per heavy atom. The monoisotopic (exact) mass is 311 g/mol. The lowest BCUT2D eigenvalue weighted by molar-refractivity contribution is -0.139. The normalized spacial score (nSPS) is 24.4. The molecule has 0 spiro atoms. The average molecular weight is 312 g/mol. The second-order valence-electron chi connectivity index (χ2n) is 5.07. The Kier molecular flexibility index (Phi) is 3.67. The molecule has 0 saturated carbocycles. The van der Waals surface area contributed by atoms with E-state index in [0.717, 1.165) is 11.3 Å². The summed E-state index contributed by atoms with van der Waals surface area (Å²) in [5, 5.41) is 0.474. The van der Waals surface area contributed by atoms with E-state index in [2.05, 4.69) is 0 Å². The first-order valence-corrected chi connectivity index (χ1v) is 7.24. The summed E-state index contributed by atoms with van der Waals surface area (Å²) >= 11 is 12.2. The van der Waals surface area contributed by atoms with Crippen LogP contribution in [0, 0.1) is 0 Å². The minimum atomic E-state index is -0.433. The van der Waals surface area contributed by atoms with Crippen molar-refractivity contribution >= 4 is 28.9 Å². The number of ether oxygens (including phenoxy) is 2. The first kappa shape index (κ1) is 13.8. The van der Waals surface area contributed by atoms with Gasteiger partial charge < -0.3 is 15.2 Å². The largest absolute Gasteiger partial charge is 0.478 e. The average Bonchev–Trinajstić information content (AvgIpc) is 2.39. The predicted octanol–water partition coefficient (Wildman–Crippen LogP) is 3.48. The van der Waals surface area contributed by atoms with Crippen molar-refractivity contribution in [1.29, 1.82) is 0 Å². The van der Waals surface area contributed by atoms with Crippen LogP contribution in [0.4, 0.5) is 5.69 Å². The number of nitrogens with two attached hydrogens (primary N) is 1. The zero-order valence-corrected chi connectivity index (χ0v) is 12.3. The van der Waals surface area contributed by atoms with Gasteiger partial charge in [-0.15, -0.1) is 11.6 Å². The second kappa shape index (κ2) is 5.32. The van der Waals surface area contributed by atoms with Crippen LogP contribution in [0.15, 0.2) is 47.0 Å². The van der Waals surface area contributed by atoms with Gasteiger partial charge in [0.05, 0.1) is 18.6 Å². The smallest absolute Gasteiger partial charge is 0.177 e. The van der Waals surface area contributed by atoms with Crippen molar-refractivity contribution in [2.24, 2.45) is 0 Å². The number of hydrogen-bond acceptors (Lipinski definition) is 3. The summed E-state index contributed by atoms with van der Waals surface area (Å²) in [6.07, 6.45) is 4.50. The van der Waals surface area contributed by atoms with Crippen molar-refractivity contribution < 1.29 is 9.47 Å². The van der Waals surface area contributed by atoms with Gasteiger partial charge in [0, 0.05) is 10.7 Å². The van der Waals surface area contributed by atoms with Gasteiger partial charge in [-0.25, -0.2) is 0 Å². The summed E-state index contributed by atoms with van der Waals surface area (Å²) < 4.78 is 11.5. The van der Waals surface area contributed by atoms with E-state index < -0.39 is 5.60 Å². The van der Waals surface area contributed by atoms with Crippen LogP contribution in [-0.2, 0) is 4.74 Å². The highest BCUT2D eigenvalue weighted by Crippen LogP contribution is 2.39. The van der Waals surface area contributed by atoms with Crippen LogP contribution < -0.4 is 10.5 Å². The molecule has 0 aromatic heterocycles. The highest BCUT2D eigenvalue weighted by molar-refractivity contribution is 6.37. The van der Waals surface area contributed by atoms with E-state index >= 15 is 0 Å². The molecule has 0 amide bonds. The third-order valence-corrected chi connectivity index (χ3v) is 4.48. The molecule has 1 aliphatic carbocycles. The molecule has 1 aliphatic heterocycles. The molecule has 1 fully saturated rings. The summed E-state index contributed by atoms with van der Waals surface area (Å²) in [6, 6.07) is 7.36. The number of rotatable bonds is 3. The molecule has 1 heterocycles. The molecule has 1 atom stereocenters. The standard InChI is InChI=1S/C15H15Cl2NO2/c16-13-6-1-10(7-14(13)17)15(8-19-9-15)20-12-4-2-11(18)3-5-12/h1-6,14H,7-9,18H2. The van der Waals surface area contributed by atoms with Gasteiger partial charge in [0.25, 0.3) is 0 Å². The van der Waals surface area contributed by atoms with Crippen LogP contribution in [0.1, 0.15) is 6.42 Å². The predicted molar refractivity (Wildman–Crippen MR) is 81.3 cm³/mol. The van der Waals surface area contributed by atoms with Gasteiger partial charge in [0.1, 0.15) is 5.75 Å². The number of nitrogen functional groups attached to an aromatic ring is 1. The lowest BCUT2D eigenvalue weighted by atomic mass is 9.85. The summed E-state index contributed by atoms with van der Waals surface area (Å²) in [5.41, 5.74) is 7.08. The van der Waals surface area contributed by atoms with Gasteiger partial charge in [-0.3, -0.25) is 0 Å². The summed E-state index contributed by atoms with van der Waals surface area (Å²) in [4.78, 5) is 0. The van der Waals surface area contributed by atoms with Gasteiger partial charge in [-0.1, -0.05) is 17.7 Å². The molecule has 2 aliphatic rings. The Labute approximate surface area is 127 Å². The van der Waals surface area contributed by atoms with E-state index in [0.29, 0.717) is 30.4 Å². The highest BCUT2D eigenvalue weighted by Gasteiger charge is 2.45. The van der Waals surface area contributed by atoms with Gasteiger partial charge >= 0.3 is 0 Å². The Morgan fingerprint density at radius 3 is 2.45 bits per heavy atom. The van der Waals surface area contributed by atoms with Crippen molar-refractivity contribution in [1.82, 2.24) is 0 Å². The van der Waals surface area contributed by atoms with E-state index in [1.165, 1.54) is 0 Å². The maximum absolute atomic E-state index is 6.22. The summed E-state index contributed by atoms with van der Waals surface area (Å²) in [5.74, 6) is 0.773. The van der Waals surface area contributed by atoms with Crippen LogP contribution in [0.2, 0.25) is 0 Å². The zero-order valence-electron chi connectivity index (χ0n) is 10.8. The highest BCUT2D eigenvalue weighted by atomic mass is 35.5. The van der Waals surface area contributed by atoms with Gasteiger partial charge in [0.2, 0.25) is 0 Å². The summed E-state index contributed by atoms with van der Waals surface area (Å²) in [7, 11) is 0. The molecule has 1 aromatic carbocycles. The molecule has 20 heavy (non-hydrogen) atoms. The fourth-order valence-corrected chi connectivity index (χ4v) is 2.72. The summed E-state index contributed by atoms with van der Waals surface area (Å²) in [6.45, 7) is 1.05. The second-order valence-corrected chi connectivity index (χ2v) is 6.04. The van der Waals surface area contributed by atoms with Crippen LogP contribution in [0.3, 0.4) is 0 Å². The molecule has 5 heteroatoms. The van der Waals surface area contributed by atoms with Crippen LogP contribution in [-0.4, -0.2) is 24.2 Å². The van der Waals surface area contributed by atoms with Crippen LogP contribution in [0.5, 0.6) is 5.75 Å². The lowest BCUT2D eigenvalue weighted by Crippen LogP contribution is -2.56. The molecule has 2 N–H and O–H groups in total. The molecule has 0 radical (unpaired) electrons. The number of benzene rings is 1. The van der Waals surface area contributed by atoms with E-state index in [9.17, 15) is 0 Å². The number of halogens is 2. The molecule has 1 aromatic rings. The van der Waals surface area contributed by atoms with Gasteiger partial charge in [0.15, 0.2) is 5.60 Å². The molecular formula is C15H15Cl2NO2. The third kappa shape index (κ3) is 2.53. The minimum Gasteiger partial charge on any atom is -0.478 e. The van der Waals surface area contributed by atoms with Crippen molar-refractivity contribution in [3.8, 4) is 5.75 Å². The Hall–Kier alpha value is -1.16.